The third-order valence-electron chi connectivity index (χ3n) is 3.89. The van der Waals surface area contributed by atoms with E-state index in [9.17, 15) is 5.11 Å². The molecule has 128 valence electrons. The molecule has 0 unspecified atom stereocenters. The van der Waals surface area contributed by atoms with Crippen LogP contribution in [0, 0.1) is 0 Å². The lowest BCUT2D eigenvalue weighted by Crippen LogP contribution is -2.21. The molecule has 3 aromatic rings. The number of fused-ring (bicyclic) bond motifs is 3. The van der Waals surface area contributed by atoms with Gasteiger partial charge in [-0.15, -0.1) is 0 Å². The van der Waals surface area contributed by atoms with E-state index in [0.717, 1.165) is 21.8 Å². The van der Waals surface area contributed by atoms with Gasteiger partial charge in [0.2, 0.25) is 0 Å². The van der Waals surface area contributed by atoms with E-state index in [4.69, 9.17) is 23.2 Å². The molecule has 1 heterocycles. The number of hydrogen-bond acceptors (Lipinski definition) is 2. The zero-order valence-corrected chi connectivity index (χ0v) is 16.3. The van der Waals surface area contributed by atoms with Gasteiger partial charge in [-0.1, -0.05) is 44.0 Å². The first-order valence-electron chi connectivity index (χ1n) is 7.93. The highest BCUT2D eigenvalue weighted by Gasteiger charge is 2.17. The maximum Gasteiger partial charge on any atom is 0.0809 e. The van der Waals surface area contributed by atoms with Gasteiger partial charge < -0.3 is 9.67 Å². The van der Waals surface area contributed by atoms with Crippen LogP contribution in [0.3, 0.4) is 0 Å². The number of halogens is 2. The number of aromatic nitrogens is 1. The lowest BCUT2D eigenvalue weighted by atomic mass is 10.1. The van der Waals surface area contributed by atoms with Gasteiger partial charge in [-0.25, -0.2) is 0 Å². The Hall–Kier alpha value is -0.870. The summed E-state index contributed by atoms with van der Waals surface area (Å²) >= 11 is 14.1. The Bertz CT molecular complexity index is 823. The van der Waals surface area contributed by atoms with Crippen molar-refractivity contribution in [3.63, 3.8) is 0 Å². The summed E-state index contributed by atoms with van der Waals surface area (Å²) in [6.07, 6.45) is -0.417. The summed E-state index contributed by atoms with van der Waals surface area (Å²) in [6, 6.07) is 11.7. The van der Waals surface area contributed by atoms with Gasteiger partial charge in [-0.05, 0) is 36.4 Å². The zero-order valence-electron chi connectivity index (χ0n) is 14.0. The maximum atomic E-state index is 10.5. The molecule has 0 spiro atoms. The summed E-state index contributed by atoms with van der Waals surface area (Å²) < 4.78 is 2.30. The molecule has 1 N–H and O–H groups in total. The summed E-state index contributed by atoms with van der Waals surface area (Å²) in [7, 11) is 0. The van der Waals surface area contributed by atoms with Gasteiger partial charge in [0.25, 0.3) is 0 Å². The molecule has 0 saturated heterocycles. The Morgan fingerprint density at radius 3 is 1.96 bits per heavy atom. The molecule has 0 fully saturated rings. The van der Waals surface area contributed by atoms with Crippen LogP contribution in [0.4, 0.5) is 0 Å². The van der Waals surface area contributed by atoms with Crippen molar-refractivity contribution in [2.24, 2.45) is 0 Å². The maximum absolute atomic E-state index is 10.5. The number of benzene rings is 2. The molecule has 0 amide bonds. The van der Waals surface area contributed by atoms with E-state index < -0.39 is 6.10 Å². The third kappa shape index (κ3) is 3.85. The summed E-state index contributed by atoms with van der Waals surface area (Å²) in [5, 5.41) is 14.0. The van der Waals surface area contributed by atoms with E-state index in [1.807, 2.05) is 36.4 Å². The Morgan fingerprint density at radius 1 is 1.00 bits per heavy atom. The summed E-state index contributed by atoms with van der Waals surface area (Å²) in [4.78, 5) is 0. The fourth-order valence-electron chi connectivity index (χ4n) is 2.85. The van der Waals surface area contributed by atoms with Gasteiger partial charge in [-0.2, -0.15) is 11.8 Å². The van der Waals surface area contributed by atoms with Gasteiger partial charge in [0.15, 0.2) is 0 Å². The minimum Gasteiger partial charge on any atom is -0.390 e. The fourth-order valence-corrected chi connectivity index (χ4v) is 4.00. The largest absolute Gasteiger partial charge is 0.390 e. The normalized spacial score (nSPS) is 13.8. The minimum absolute atomic E-state index is 0.142. The Labute approximate surface area is 156 Å². The van der Waals surface area contributed by atoms with Gasteiger partial charge in [0.1, 0.15) is 0 Å². The van der Waals surface area contributed by atoms with Gasteiger partial charge in [0, 0.05) is 48.9 Å². The van der Waals surface area contributed by atoms with Crippen molar-refractivity contribution in [2.45, 2.75) is 38.2 Å². The first-order chi connectivity index (χ1) is 11.2. The second-order valence-corrected chi connectivity index (χ2v) is 9.73. The van der Waals surface area contributed by atoms with Crippen LogP contribution in [-0.4, -0.2) is 26.3 Å². The van der Waals surface area contributed by atoms with Crippen LogP contribution < -0.4 is 0 Å². The molecule has 0 aliphatic rings. The predicted octanol–water partition coefficient (Wildman–Crippen LogP) is 5.99. The Balaban J connectivity index is 2.02. The summed E-state index contributed by atoms with van der Waals surface area (Å²) in [6.45, 7) is 7.03. The van der Waals surface area contributed by atoms with Crippen LogP contribution in [0.5, 0.6) is 0 Å². The van der Waals surface area contributed by atoms with Crippen molar-refractivity contribution < 1.29 is 5.11 Å². The molecular weight excluding hydrogens is 361 g/mol. The molecule has 5 heteroatoms. The lowest BCUT2D eigenvalue weighted by molar-refractivity contribution is 0.181. The summed E-state index contributed by atoms with van der Waals surface area (Å²) in [5.74, 6) is 0.700. The molecular formula is C19H21Cl2NOS. The quantitative estimate of drug-likeness (QED) is 0.599. The first kappa shape index (κ1) is 17.9. The van der Waals surface area contributed by atoms with Gasteiger partial charge in [0.05, 0.1) is 6.10 Å². The van der Waals surface area contributed by atoms with Crippen molar-refractivity contribution in [1.82, 2.24) is 4.57 Å². The Kier molecular flexibility index (Phi) is 5.08. The van der Waals surface area contributed by atoms with E-state index in [2.05, 4.69) is 25.3 Å². The number of aliphatic hydroxyl groups excluding tert-OH is 1. The minimum atomic E-state index is -0.417. The van der Waals surface area contributed by atoms with Crippen LogP contribution in [0.25, 0.3) is 21.8 Å². The average molecular weight is 382 g/mol. The molecule has 3 rings (SSSR count). The molecule has 2 aromatic carbocycles. The van der Waals surface area contributed by atoms with E-state index in [0.29, 0.717) is 22.3 Å². The molecule has 2 nitrogen and oxygen atoms in total. The molecule has 0 saturated carbocycles. The van der Waals surface area contributed by atoms with E-state index >= 15 is 0 Å². The van der Waals surface area contributed by atoms with Crippen LogP contribution in [0.15, 0.2) is 36.4 Å². The molecule has 1 aromatic heterocycles. The topological polar surface area (TPSA) is 25.2 Å². The zero-order chi connectivity index (χ0) is 17.5. The monoisotopic (exact) mass is 381 g/mol. The second-order valence-electron chi connectivity index (χ2n) is 7.01. The molecule has 1 atom stereocenters. The smallest absolute Gasteiger partial charge is 0.0809 e. The van der Waals surface area contributed by atoms with Crippen molar-refractivity contribution in [2.75, 3.05) is 5.75 Å². The molecule has 0 bridgehead atoms. The highest BCUT2D eigenvalue weighted by atomic mass is 35.5. The van der Waals surface area contributed by atoms with Crippen LogP contribution in [-0.2, 0) is 6.54 Å². The number of hydrogen-bond donors (Lipinski definition) is 1. The van der Waals surface area contributed by atoms with E-state index in [1.165, 1.54) is 0 Å². The number of aliphatic hydroxyl groups is 1. The predicted molar refractivity (Wildman–Crippen MR) is 108 cm³/mol. The van der Waals surface area contributed by atoms with Crippen LogP contribution >= 0.6 is 35.0 Å². The Morgan fingerprint density at radius 2 is 1.50 bits per heavy atom. The van der Waals surface area contributed by atoms with Crippen LogP contribution in [0.1, 0.15) is 20.8 Å². The van der Waals surface area contributed by atoms with Crippen molar-refractivity contribution in [1.29, 1.82) is 0 Å². The highest BCUT2D eigenvalue weighted by Crippen LogP contribution is 2.33. The summed E-state index contributed by atoms with van der Waals surface area (Å²) in [5.41, 5.74) is 2.13. The fraction of sp³-hybridized carbons (Fsp3) is 0.368. The van der Waals surface area contributed by atoms with Gasteiger partial charge in [-0.3, -0.25) is 0 Å². The molecule has 0 aliphatic carbocycles. The first-order valence-corrected chi connectivity index (χ1v) is 9.68. The lowest BCUT2D eigenvalue weighted by Gasteiger charge is -2.21. The molecule has 24 heavy (non-hydrogen) atoms. The number of nitrogens with zero attached hydrogens (tertiary/aromatic N) is 1. The highest BCUT2D eigenvalue weighted by molar-refractivity contribution is 8.00. The molecule has 0 aliphatic heterocycles. The van der Waals surface area contributed by atoms with E-state index in [-0.39, 0.29) is 4.75 Å². The van der Waals surface area contributed by atoms with Gasteiger partial charge >= 0.3 is 0 Å². The van der Waals surface area contributed by atoms with Crippen LogP contribution in [0.2, 0.25) is 10.0 Å². The SMILES string of the molecule is CC(C)(C)SC[C@@H](O)Cn1c2ccc(Cl)cc2c2cc(Cl)ccc21. The average Bonchev–Trinajstić information content (AvgIpc) is 2.78. The van der Waals surface area contributed by atoms with E-state index in [1.54, 1.807) is 11.8 Å². The second kappa shape index (κ2) is 6.80. The third-order valence-corrected chi connectivity index (χ3v) is 5.78. The number of rotatable bonds is 4. The van der Waals surface area contributed by atoms with Crippen molar-refractivity contribution in [3.8, 4) is 0 Å². The van der Waals surface area contributed by atoms with Crippen molar-refractivity contribution >= 4 is 56.8 Å². The number of thioether (sulfide) groups is 1. The van der Waals surface area contributed by atoms with Crippen molar-refractivity contribution in [3.05, 3.63) is 46.4 Å². The molecule has 0 radical (unpaired) electrons. The standard InChI is InChI=1S/C19H21Cl2NOS/c1-19(2,3)24-11-14(23)10-22-17-6-4-12(20)8-15(17)16-9-13(21)5-7-18(16)22/h4-9,14,23H,10-11H2,1-3H3/t14-/m0/s1.